The molecule has 1 amide bonds. The average molecular weight is 355 g/mol. The molecule has 2 fully saturated rings. The Morgan fingerprint density at radius 1 is 1.15 bits per heavy atom. The van der Waals surface area contributed by atoms with Crippen molar-refractivity contribution in [3.63, 3.8) is 0 Å². The van der Waals surface area contributed by atoms with Crippen molar-refractivity contribution >= 4 is 11.6 Å². The summed E-state index contributed by atoms with van der Waals surface area (Å²) in [5.74, 6) is 0.698. The molecule has 0 radical (unpaired) electrons. The number of para-hydroxylation sites is 2. The average Bonchev–Trinajstić information content (AvgIpc) is 2.72. The van der Waals surface area contributed by atoms with Gasteiger partial charge in [0.05, 0.1) is 12.8 Å². The first-order chi connectivity index (χ1) is 12.7. The number of amides is 1. The molecule has 0 saturated carbocycles. The van der Waals surface area contributed by atoms with E-state index in [0.29, 0.717) is 13.1 Å². The van der Waals surface area contributed by atoms with Gasteiger partial charge >= 0.3 is 0 Å². The molecule has 0 atom stereocenters. The van der Waals surface area contributed by atoms with Crippen LogP contribution in [0.4, 0.5) is 5.69 Å². The third kappa shape index (κ3) is 4.09. The van der Waals surface area contributed by atoms with Gasteiger partial charge in [0.1, 0.15) is 17.4 Å². The Hall–Kier alpha value is -2.72. The van der Waals surface area contributed by atoms with Crippen molar-refractivity contribution in [1.29, 1.82) is 5.26 Å². The van der Waals surface area contributed by atoms with Gasteiger partial charge in [-0.3, -0.25) is 4.79 Å². The number of benzene rings is 1. The molecule has 7 nitrogen and oxygen atoms in total. The molecule has 2 aliphatic rings. The lowest BCUT2D eigenvalue weighted by atomic mass is 10.2. The van der Waals surface area contributed by atoms with Crippen LogP contribution < -0.4 is 15.0 Å². The van der Waals surface area contributed by atoms with E-state index in [2.05, 4.69) is 27.3 Å². The van der Waals surface area contributed by atoms with Crippen molar-refractivity contribution in [2.24, 2.45) is 0 Å². The van der Waals surface area contributed by atoms with Crippen molar-refractivity contribution in [3.05, 3.63) is 36.0 Å². The fourth-order valence-electron chi connectivity index (χ4n) is 3.34. The summed E-state index contributed by atoms with van der Waals surface area (Å²) in [5.41, 5.74) is 1.30. The molecule has 1 N–H and O–H groups in total. The van der Waals surface area contributed by atoms with Crippen LogP contribution in [-0.2, 0) is 4.79 Å². The van der Waals surface area contributed by atoms with Gasteiger partial charge in [0.2, 0.25) is 0 Å². The summed E-state index contributed by atoms with van der Waals surface area (Å²) < 4.78 is 5.44. The number of hydrogen-bond donors (Lipinski definition) is 1. The minimum atomic E-state index is -0.166. The number of carbonyl (C=O) groups excluding carboxylic acids is 1. The van der Waals surface area contributed by atoms with Crippen molar-refractivity contribution in [3.8, 4) is 11.8 Å². The molecule has 2 saturated heterocycles. The maximum Gasteiger partial charge on any atom is 0.266 e. The highest BCUT2D eigenvalue weighted by Crippen LogP contribution is 2.28. The Morgan fingerprint density at radius 2 is 1.85 bits per heavy atom. The zero-order valence-corrected chi connectivity index (χ0v) is 15.1. The summed E-state index contributed by atoms with van der Waals surface area (Å²) in [4.78, 5) is 18.6. The summed E-state index contributed by atoms with van der Waals surface area (Å²) in [6.45, 7) is 6.02. The van der Waals surface area contributed by atoms with Crippen molar-refractivity contribution in [2.75, 3.05) is 64.4 Å². The maximum absolute atomic E-state index is 12.5. The number of anilines is 1. The number of hydrogen-bond acceptors (Lipinski definition) is 6. The van der Waals surface area contributed by atoms with E-state index in [0.717, 1.165) is 50.7 Å². The van der Waals surface area contributed by atoms with E-state index in [4.69, 9.17) is 4.74 Å². The van der Waals surface area contributed by atoms with Crippen LogP contribution >= 0.6 is 0 Å². The van der Waals surface area contributed by atoms with Gasteiger partial charge in [-0.1, -0.05) is 12.1 Å². The maximum atomic E-state index is 12.5. The van der Waals surface area contributed by atoms with Gasteiger partial charge in [-0.15, -0.1) is 0 Å². The van der Waals surface area contributed by atoms with Crippen LogP contribution in [0.2, 0.25) is 0 Å². The lowest BCUT2D eigenvalue weighted by Gasteiger charge is -2.36. The summed E-state index contributed by atoms with van der Waals surface area (Å²) in [5, 5.41) is 12.6. The van der Waals surface area contributed by atoms with Gasteiger partial charge < -0.3 is 24.8 Å². The van der Waals surface area contributed by atoms with Gasteiger partial charge in [-0.25, -0.2) is 0 Å². The Labute approximate surface area is 154 Å². The molecule has 2 aliphatic heterocycles. The molecule has 3 rings (SSSR count). The highest BCUT2D eigenvalue weighted by atomic mass is 16.5. The monoisotopic (exact) mass is 355 g/mol. The molecule has 0 bridgehead atoms. The van der Waals surface area contributed by atoms with E-state index in [-0.39, 0.29) is 11.5 Å². The Morgan fingerprint density at radius 3 is 2.50 bits per heavy atom. The van der Waals surface area contributed by atoms with Crippen LogP contribution in [0.25, 0.3) is 0 Å². The van der Waals surface area contributed by atoms with Crippen LogP contribution in [0.5, 0.6) is 5.75 Å². The number of ether oxygens (including phenoxy) is 1. The minimum absolute atomic E-state index is 0.166. The second-order valence-corrected chi connectivity index (χ2v) is 6.39. The minimum Gasteiger partial charge on any atom is -0.495 e. The summed E-state index contributed by atoms with van der Waals surface area (Å²) in [7, 11) is 1.68. The summed E-state index contributed by atoms with van der Waals surface area (Å²) in [6, 6.07) is 10.1. The summed E-state index contributed by atoms with van der Waals surface area (Å²) >= 11 is 0. The first-order valence-electron chi connectivity index (χ1n) is 8.97. The molecule has 1 aromatic rings. The van der Waals surface area contributed by atoms with Gasteiger partial charge in [0, 0.05) is 58.6 Å². The van der Waals surface area contributed by atoms with Gasteiger partial charge in [-0.05, 0) is 12.1 Å². The lowest BCUT2D eigenvalue weighted by Crippen LogP contribution is -2.47. The second-order valence-electron chi connectivity index (χ2n) is 6.39. The van der Waals surface area contributed by atoms with E-state index < -0.39 is 0 Å². The number of rotatable bonds is 4. The highest BCUT2D eigenvalue weighted by Gasteiger charge is 2.23. The van der Waals surface area contributed by atoms with Crippen LogP contribution in [0.1, 0.15) is 0 Å². The number of nitrogens with zero attached hydrogens (tertiary/aromatic N) is 4. The Bertz CT molecular complexity index is 698. The third-order valence-corrected chi connectivity index (χ3v) is 4.81. The predicted molar refractivity (Wildman–Crippen MR) is 99.9 cm³/mol. The fraction of sp³-hybridized carbons (Fsp3) is 0.474. The topological polar surface area (TPSA) is 71.8 Å². The number of carbonyl (C=O) groups is 1. The van der Waals surface area contributed by atoms with Crippen LogP contribution in [0.15, 0.2) is 36.0 Å². The molecule has 2 heterocycles. The molecular weight excluding hydrogens is 330 g/mol. The van der Waals surface area contributed by atoms with E-state index >= 15 is 0 Å². The first kappa shape index (κ1) is 18.1. The smallest absolute Gasteiger partial charge is 0.266 e. The Balaban J connectivity index is 1.62. The zero-order chi connectivity index (χ0) is 18.4. The third-order valence-electron chi connectivity index (χ3n) is 4.81. The largest absolute Gasteiger partial charge is 0.495 e. The molecule has 0 spiro atoms. The predicted octanol–water partition coefficient (Wildman–Crippen LogP) is 0.656. The second kappa shape index (κ2) is 8.59. The number of nitriles is 1. The van der Waals surface area contributed by atoms with Crippen molar-refractivity contribution < 1.29 is 9.53 Å². The number of nitrogens with one attached hydrogen (secondary N) is 1. The SMILES string of the molecule is COc1ccccc1N1CCN(/C=C(/C#N)C(=O)N2CCNCC2)CC1. The highest BCUT2D eigenvalue weighted by molar-refractivity contribution is 5.97. The number of methoxy groups -OCH3 is 1. The van der Waals surface area contributed by atoms with Crippen molar-refractivity contribution in [2.45, 2.75) is 0 Å². The molecular formula is C19H25N5O2. The van der Waals surface area contributed by atoms with Gasteiger partial charge in [0.15, 0.2) is 0 Å². The van der Waals surface area contributed by atoms with E-state index in [1.807, 2.05) is 18.2 Å². The molecule has 1 aromatic carbocycles. The summed E-state index contributed by atoms with van der Waals surface area (Å²) in [6.07, 6.45) is 1.73. The molecule has 7 heteroatoms. The van der Waals surface area contributed by atoms with Crippen LogP contribution in [0, 0.1) is 11.3 Å². The molecule has 0 aliphatic carbocycles. The molecule has 0 aromatic heterocycles. The van der Waals surface area contributed by atoms with Gasteiger partial charge in [0.25, 0.3) is 5.91 Å². The zero-order valence-electron chi connectivity index (χ0n) is 15.1. The standard InChI is InChI=1S/C19H25N5O2/c1-26-18-5-3-2-4-17(18)23-12-10-22(11-13-23)15-16(14-20)19(25)24-8-6-21-7-9-24/h2-5,15,21H,6-13H2,1H3/b16-15-. The normalized spacial score (nSPS) is 18.5. The van der Waals surface area contributed by atoms with E-state index in [1.165, 1.54) is 0 Å². The van der Waals surface area contributed by atoms with Crippen LogP contribution in [-0.4, -0.2) is 75.2 Å². The molecule has 26 heavy (non-hydrogen) atoms. The quantitative estimate of drug-likeness (QED) is 0.632. The lowest BCUT2D eigenvalue weighted by molar-refractivity contribution is -0.127. The first-order valence-corrected chi connectivity index (χ1v) is 8.97. The van der Waals surface area contributed by atoms with Gasteiger partial charge in [-0.2, -0.15) is 5.26 Å². The van der Waals surface area contributed by atoms with Crippen LogP contribution in [0.3, 0.4) is 0 Å². The Kier molecular flexibility index (Phi) is 5.97. The number of piperazine rings is 2. The van der Waals surface area contributed by atoms with E-state index in [9.17, 15) is 10.1 Å². The molecule has 0 unspecified atom stereocenters. The fourth-order valence-corrected chi connectivity index (χ4v) is 3.34. The van der Waals surface area contributed by atoms with Crippen molar-refractivity contribution in [1.82, 2.24) is 15.1 Å². The molecule has 138 valence electrons. The van der Waals surface area contributed by atoms with E-state index in [1.54, 1.807) is 18.2 Å².